The lowest BCUT2D eigenvalue weighted by Gasteiger charge is -2.08. The Bertz CT molecular complexity index is 565. The third kappa shape index (κ3) is 3.57. The Balaban J connectivity index is 2.35. The number of alkyl halides is 5. The van der Waals surface area contributed by atoms with E-state index in [0.29, 0.717) is 11.3 Å². The third-order valence-electron chi connectivity index (χ3n) is 2.50. The van der Waals surface area contributed by atoms with E-state index in [-0.39, 0.29) is 3.74 Å². The number of halogens is 5. The van der Waals surface area contributed by atoms with E-state index in [9.17, 15) is 13.2 Å². The Morgan fingerprint density at radius 1 is 0.947 bits per heavy atom. The van der Waals surface area contributed by atoms with Crippen molar-refractivity contribution in [3.8, 4) is 11.3 Å². The highest BCUT2D eigenvalue weighted by molar-refractivity contribution is 9.24. The molecule has 0 atom stereocenters. The molecule has 1 aromatic carbocycles. The highest BCUT2D eigenvalue weighted by Crippen LogP contribution is 2.32. The van der Waals surface area contributed by atoms with E-state index in [2.05, 4.69) is 36.8 Å². The van der Waals surface area contributed by atoms with Gasteiger partial charge in [0.05, 0.1) is 17.0 Å². The minimum absolute atomic E-state index is 0.0885. The van der Waals surface area contributed by atoms with Crippen LogP contribution in [-0.4, -0.2) is 4.98 Å². The molecule has 0 aliphatic rings. The van der Waals surface area contributed by atoms with Crippen molar-refractivity contribution in [2.45, 2.75) is 9.91 Å². The summed E-state index contributed by atoms with van der Waals surface area (Å²) in [5.74, 6) is 0. The molecule has 0 fully saturated rings. The number of nitrogens with zero attached hydrogens (tertiary/aromatic N) is 1. The van der Waals surface area contributed by atoms with Gasteiger partial charge >= 0.3 is 6.18 Å². The predicted octanol–water partition coefficient (Wildman–Crippen LogP) is 5.56. The molecule has 0 bridgehead atoms. The van der Waals surface area contributed by atoms with Gasteiger partial charge in [-0.3, -0.25) is 4.98 Å². The normalized spacial score (nSPS) is 11.9. The van der Waals surface area contributed by atoms with Crippen molar-refractivity contribution >= 4 is 31.9 Å². The molecule has 0 aliphatic heterocycles. The first-order chi connectivity index (χ1) is 8.88. The lowest BCUT2D eigenvalue weighted by atomic mass is 10.1. The lowest BCUT2D eigenvalue weighted by molar-refractivity contribution is -0.137. The molecule has 6 heteroatoms. The van der Waals surface area contributed by atoms with E-state index in [1.165, 1.54) is 12.1 Å². The van der Waals surface area contributed by atoms with Crippen LogP contribution < -0.4 is 0 Å². The smallest absolute Gasteiger partial charge is 0.251 e. The molecule has 0 spiro atoms. The highest BCUT2D eigenvalue weighted by Gasteiger charge is 2.29. The van der Waals surface area contributed by atoms with Crippen LogP contribution in [0.1, 0.15) is 15.0 Å². The second kappa shape index (κ2) is 5.63. The van der Waals surface area contributed by atoms with E-state index in [1.807, 2.05) is 12.1 Å². The average molecular weight is 395 g/mol. The fraction of sp³-hybridized carbons (Fsp3) is 0.154. The van der Waals surface area contributed by atoms with Gasteiger partial charge < -0.3 is 0 Å². The van der Waals surface area contributed by atoms with Crippen LogP contribution in [0.4, 0.5) is 13.2 Å². The summed E-state index contributed by atoms with van der Waals surface area (Å²) >= 11 is 6.66. The maximum Gasteiger partial charge on any atom is 0.416 e. The number of rotatable bonds is 2. The Morgan fingerprint density at radius 3 is 2.11 bits per heavy atom. The molecule has 2 aromatic rings. The summed E-state index contributed by atoms with van der Waals surface area (Å²) < 4.78 is 37.3. The first-order valence-corrected chi connectivity index (χ1v) is 7.14. The molecule has 0 radical (unpaired) electrons. The standard InChI is InChI=1S/C13H8Br2F3N/c14-12(15)11-3-1-2-10(19-11)8-4-6-9(7-5-8)13(16,17)18/h1-7,12H. The molecular formula is C13H8Br2F3N. The molecular weight excluding hydrogens is 387 g/mol. The first-order valence-electron chi connectivity index (χ1n) is 5.30. The molecule has 0 amide bonds. The number of pyridine rings is 1. The van der Waals surface area contributed by atoms with Crippen molar-refractivity contribution in [2.75, 3.05) is 0 Å². The van der Waals surface area contributed by atoms with Crippen LogP contribution in [0.5, 0.6) is 0 Å². The van der Waals surface area contributed by atoms with Gasteiger partial charge in [0.1, 0.15) is 3.74 Å². The van der Waals surface area contributed by atoms with Gasteiger partial charge in [0, 0.05) is 5.56 Å². The fourth-order valence-electron chi connectivity index (χ4n) is 1.56. The Labute approximate surface area is 125 Å². The van der Waals surface area contributed by atoms with Crippen molar-refractivity contribution in [3.05, 3.63) is 53.7 Å². The molecule has 0 saturated carbocycles. The molecule has 1 aromatic heterocycles. The molecule has 100 valence electrons. The van der Waals surface area contributed by atoms with Crippen LogP contribution in [0.15, 0.2) is 42.5 Å². The Morgan fingerprint density at radius 2 is 1.58 bits per heavy atom. The summed E-state index contributed by atoms with van der Waals surface area (Å²) in [6, 6.07) is 10.4. The van der Waals surface area contributed by atoms with E-state index in [0.717, 1.165) is 17.8 Å². The first kappa shape index (κ1) is 14.5. The van der Waals surface area contributed by atoms with Gasteiger partial charge in [-0.1, -0.05) is 50.1 Å². The zero-order valence-electron chi connectivity index (χ0n) is 9.46. The van der Waals surface area contributed by atoms with Crippen LogP contribution in [0.2, 0.25) is 0 Å². The van der Waals surface area contributed by atoms with E-state index < -0.39 is 11.7 Å². The summed E-state index contributed by atoms with van der Waals surface area (Å²) in [4.78, 5) is 4.36. The molecule has 1 heterocycles. The van der Waals surface area contributed by atoms with Gasteiger partial charge in [-0.05, 0) is 24.3 Å². The summed E-state index contributed by atoms with van der Waals surface area (Å²) in [7, 11) is 0. The minimum Gasteiger partial charge on any atom is -0.251 e. The van der Waals surface area contributed by atoms with Crippen LogP contribution in [0.25, 0.3) is 11.3 Å². The van der Waals surface area contributed by atoms with Crippen LogP contribution in [0.3, 0.4) is 0 Å². The molecule has 2 rings (SSSR count). The molecule has 1 nitrogen and oxygen atoms in total. The molecule has 0 aliphatic carbocycles. The molecule has 0 unspecified atom stereocenters. The maximum atomic E-state index is 12.5. The maximum absolute atomic E-state index is 12.5. The molecule has 0 saturated heterocycles. The summed E-state index contributed by atoms with van der Waals surface area (Å²) in [6.45, 7) is 0. The van der Waals surface area contributed by atoms with Gasteiger partial charge in [-0.25, -0.2) is 0 Å². The third-order valence-corrected chi connectivity index (χ3v) is 3.44. The number of benzene rings is 1. The second-order valence-corrected chi connectivity index (χ2v) is 6.88. The monoisotopic (exact) mass is 393 g/mol. The number of aromatic nitrogens is 1. The number of hydrogen-bond donors (Lipinski definition) is 0. The van der Waals surface area contributed by atoms with E-state index in [4.69, 9.17) is 0 Å². The van der Waals surface area contributed by atoms with Gasteiger partial charge in [-0.15, -0.1) is 0 Å². The van der Waals surface area contributed by atoms with Gasteiger partial charge in [0.25, 0.3) is 0 Å². The van der Waals surface area contributed by atoms with Crippen LogP contribution >= 0.6 is 31.9 Å². The van der Waals surface area contributed by atoms with Crippen molar-refractivity contribution < 1.29 is 13.2 Å². The molecule has 0 N–H and O–H groups in total. The average Bonchev–Trinajstić information content (AvgIpc) is 2.38. The predicted molar refractivity (Wildman–Crippen MR) is 75.3 cm³/mol. The lowest BCUT2D eigenvalue weighted by Crippen LogP contribution is -2.04. The zero-order valence-corrected chi connectivity index (χ0v) is 12.6. The fourth-order valence-corrected chi connectivity index (χ4v) is 2.07. The SMILES string of the molecule is FC(F)(F)c1ccc(-c2cccc(C(Br)Br)n2)cc1. The topological polar surface area (TPSA) is 12.9 Å². The second-order valence-electron chi connectivity index (χ2n) is 3.82. The summed E-state index contributed by atoms with van der Waals surface area (Å²) in [5, 5.41) is 0. The minimum atomic E-state index is -4.31. The van der Waals surface area contributed by atoms with Gasteiger partial charge in [-0.2, -0.15) is 13.2 Å². The summed E-state index contributed by atoms with van der Waals surface area (Å²) in [6.07, 6.45) is -4.31. The molecule has 19 heavy (non-hydrogen) atoms. The highest BCUT2D eigenvalue weighted by atomic mass is 79.9. The van der Waals surface area contributed by atoms with Crippen molar-refractivity contribution in [1.82, 2.24) is 4.98 Å². The van der Waals surface area contributed by atoms with E-state index >= 15 is 0 Å². The van der Waals surface area contributed by atoms with Gasteiger partial charge in [0.2, 0.25) is 0 Å². The Hall–Kier alpha value is -0.880. The van der Waals surface area contributed by atoms with Crippen LogP contribution in [-0.2, 0) is 6.18 Å². The van der Waals surface area contributed by atoms with Crippen molar-refractivity contribution in [2.24, 2.45) is 0 Å². The van der Waals surface area contributed by atoms with Crippen LogP contribution in [0, 0.1) is 0 Å². The quantitative estimate of drug-likeness (QED) is 0.608. The summed E-state index contributed by atoms with van der Waals surface area (Å²) in [5.41, 5.74) is 1.38. The van der Waals surface area contributed by atoms with Crippen molar-refractivity contribution in [3.63, 3.8) is 0 Å². The zero-order chi connectivity index (χ0) is 14.0. The van der Waals surface area contributed by atoms with Crippen molar-refractivity contribution in [1.29, 1.82) is 0 Å². The number of hydrogen-bond acceptors (Lipinski definition) is 1. The Kier molecular flexibility index (Phi) is 4.30. The largest absolute Gasteiger partial charge is 0.416 e. The van der Waals surface area contributed by atoms with Gasteiger partial charge in [0.15, 0.2) is 0 Å². The van der Waals surface area contributed by atoms with E-state index in [1.54, 1.807) is 6.07 Å².